The maximum Gasteiger partial charge on any atom is 0.265 e. The number of aliphatic hydroxyl groups is 1. The molecule has 1 aliphatic heterocycles. The van der Waals surface area contributed by atoms with Crippen molar-refractivity contribution in [2.24, 2.45) is 5.92 Å². The second kappa shape index (κ2) is 5.40. The van der Waals surface area contributed by atoms with Crippen LogP contribution in [0.4, 0.5) is 0 Å². The number of aromatic nitrogens is 2. The minimum absolute atomic E-state index is 0.0902. The Kier molecular flexibility index (Phi) is 3.84. The largest absolute Gasteiger partial charge is 0.394 e. The number of nitrogens with one attached hydrogen (secondary N) is 1. The van der Waals surface area contributed by atoms with Crippen LogP contribution in [0.15, 0.2) is 21.7 Å². The molecular weight excluding hydrogens is 250 g/mol. The molecule has 1 fully saturated rings. The summed E-state index contributed by atoms with van der Waals surface area (Å²) in [6.07, 6.45) is 0.831. The van der Waals surface area contributed by atoms with E-state index in [2.05, 4.69) is 5.10 Å². The average Bonchev–Trinajstić information content (AvgIpc) is 2.75. The molecule has 1 aromatic heterocycles. The SMILES string of the molecule is CC1CCN(C(=O)Cn2[nH]c(=O)ccc2=O)C1CO. The fourth-order valence-corrected chi connectivity index (χ4v) is 2.40. The first-order valence-corrected chi connectivity index (χ1v) is 6.23. The molecule has 0 bridgehead atoms. The summed E-state index contributed by atoms with van der Waals surface area (Å²) in [5, 5.41) is 11.6. The van der Waals surface area contributed by atoms with Gasteiger partial charge in [0.2, 0.25) is 5.91 Å². The first-order valence-electron chi connectivity index (χ1n) is 6.23. The van der Waals surface area contributed by atoms with Crippen molar-refractivity contribution in [2.45, 2.75) is 25.9 Å². The Labute approximate surface area is 109 Å². The highest BCUT2D eigenvalue weighted by Crippen LogP contribution is 2.23. The summed E-state index contributed by atoms with van der Waals surface area (Å²) in [4.78, 5) is 36.3. The van der Waals surface area contributed by atoms with Gasteiger partial charge in [0.1, 0.15) is 6.54 Å². The zero-order valence-corrected chi connectivity index (χ0v) is 10.7. The Bertz CT molecular complexity index is 577. The molecule has 7 nitrogen and oxygen atoms in total. The summed E-state index contributed by atoms with van der Waals surface area (Å²) in [5.74, 6) is -0.0344. The van der Waals surface area contributed by atoms with Crippen LogP contribution in [0.25, 0.3) is 0 Å². The predicted molar refractivity (Wildman–Crippen MR) is 67.7 cm³/mol. The van der Waals surface area contributed by atoms with E-state index in [-0.39, 0.29) is 31.0 Å². The van der Waals surface area contributed by atoms with Crippen molar-refractivity contribution in [1.29, 1.82) is 0 Å². The predicted octanol–water partition coefficient (Wildman–Crippen LogP) is -1.23. The number of rotatable bonds is 3. The van der Waals surface area contributed by atoms with Gasteiger partial charge in [0.05, 0.1) is 12.6 Å². The van der Waals surface area contributed by atoms with E-state index in [1.807, 2.05) is 6.92 Å². The van der Waals surface area contributed by atoms with E-state index >= 15 is 0 Å². The van der Waals surface area contributed by atoms with Crippen molar-refractivity contribution in [3.05, 3.63) is 32.8 Å². The minimum atomic E-state index is -0.430. The molecule has 19 heavy (non-hydrogen) atoms. The summed E-state index contributed by atoms with van der Waals surface area (Å²) in [6, 6.07) is 2.04. The first-order chi connectivity index (χ1) is 9.02. The number of hydrogen-bond donors (Lipinski definition) is 2. The van der Waals surface area contributed by atoms with Crippen LogP contribution in [-0.2, 0) is 11.3 Å². The molecule has 0 saturated carbocycles. The molecule has 7 heteroatoms. The fraction of sp³-hybridized carbons (Fsp3) is 0.583. The minimum Gasteiger partial charge on any atom is -0.394 e. The summed E-state index contributed by atoms with van der Waals surface area (Å²) in [6.45, 7) is 2.24. The zero-order chi connectivity index (χ0) is 14.0. The molecule has 104 valence electrons. The molecule has 2 N–H and O–H groups in total. The number of likely N-dealkylation sites (tertiary alicyclic amines) is 1. The molecule has 0 spiro atoms. The molecule has 2 heterocycles. The van der Waals surface area contributed by atoms with Crippen molar-refractivity contribution in [3.8, 4) is 0 Å². The van der Waals surface area contributed by atoms with Gasteiger partial charge in [-0.15, -0.1) is 0 Å². The Hall–Kier alpha value is -1.89. The van der Waals surface area contributed by atoms with Gasteiger partial charge in [-0.2, -0.15) is 0 Å². The second-order valence-electron chi connectivity index (χ2n) is 4.84. The standard InChI is InChI=1S/C12H17N3O4/c1-8-4-5-14(9(8)7-16)12(19)6-15-11(18)3-2-10(17)13-15/h2-3,8-9,16H,4-7H2,1H3,(H,13,17). The molecule has 2 rings (SSSR count). The molecule has 1 aliphatic rings. The van der Waals surface area contributed by atoms with Gasteiger partial charge < -0.3 is 10.0 Å². The van der Waals surface area contributed by atoms with E-state index in [9.17, 15) is 19.5 Å². The van der Waals surface area contributed by atoms with Crippen molar-refractivity contribution in [3.63, 3.8) is 0 Å². The molecular formula is C12H17N3O4. The highest BCUT2D eigenvalue weighted by Gasteiger charge is 2.33. The van der Waals surface area contributed by atoms with Gasteiger partial charge in [0, 0.05) is 18.7 Å². The molecule has 1 saturated heterocycles. The Morgan fingerprint density at radius 3 is 2.89 bits per heavy atom. The smallest absolute Gasteiger partial charge is 0.265 e. The topological polar surface area (TPSA) is 95.4 Å². The highest BCUT2D eigenvalue weighted by atomic mass is 16.3. The number of H-pyrrole nitrogens is 1. The number of nitrogens with zero attached hydrogens (tertiary/aromatic N) is 2. The molecule has 1 aromatic rings. The number of carbonyl (C=O) groups excluding carboxylic acids is 1. The Balaban J connectivity index is 2.15. The third-order valence-corrected chi connectivity index (χ3v) is 3.57. The summed E-state index contributed by atoms with van der Waals surface area (Å²) in [7, 11) is 0. The molecule has 0 radical (unpaired) electrons. The summed E-state index contributed by atoms with van der Waals surface area (Å²) >= 11 is 0. The lowest BCUT2D eigenvalue weighted by atomic mass is 10.0. The summed E-state index contributed by atoms with van der Waals surface area (Å²) < 4.78 is 0.988. The van der Waals surface area contributed by atoms with Crippen LogP contribution in [0.5, 0.6) is 0 Å². The lowest BCUT2D eigenvalue weighted by Crippen LogP contribution is -2.43. The molecule has 2 atom stereocenters. The molecule has 0 aromatic carbocycles. The highest BCUT2D eigenvalue weighted by molar-refractivity contribution is 5.76. The number of hydrogen-bond acceptors (Lipinski definition) is 4. The van der Waals surface area contributed by atoms with Crippen LogP contribution in [0, 0.1) is 5.92 Å². The van der Waals surface area contributed by atoms with Crippen LogP contribution in [0.1, 0.15) is 13.3 Å². The maximum absolute atomic E-state index is 12.1. The van der Waals surface area contributed by atoms with Gasteiger partial charge in [0.15, 0.2) is 0 Å². The molecule has 1 amide bonds. The van der Waals surface area contributed by atoms with E-state index in [1.54, 1.807) is 4.90 Å². The van der Waals surface area contributed by atoms with Crippen molar-refractivity contribution in [1.82, 2.24) is 14.7 Å². The van der Waals surface area contributed by atoms with Crippen molar-refractivity contribution >= 4 is 5.91 Å². The van der Waals surface area contributed by atoms with E-state index in [4.69, 9.17) is 0 Å². The van der Waals surface area contributed by atoms with Gasteiger partial charge >= 0.3 is 0 Å². The second-order valence-corrected chi connectivity index (χ2v) is 4.84. The van der Waals surface area contributed by atoms with Gasteiger partial charge in [0.25, 0.3) is 11.1 Å². The van der Waals surface area contributed by atoms with Gasteiger partial charge in [-0.25, -0.2) is 4.68 Å². The van der Waals surface area contributed by atoms with E-state index in [1.165, 1.54) is 0 Å². The lowest BCUT2D eigenvalue weighted by Gasteiger charge is -2.25. The Morgan fingerprint density at radius 1 is 1.47 bits per heavy atom. The van der Waals surface area contributed by atoms with E-state index < -0.39 is 11.1 Å². The number of amides is 1. The van der Waals surface area contributed by atoms with Gasteiger partial charge in [-0.3, -0.25) is 19.5 Å². The van der Waals surface area contributed by atoms with Crippen molar-refractivity contribution < 1.29 is 9.90 Å². The number of carbonyl (C=O) groups is 1. The third kappa shape index (κ3) is 2.76. The molecule has 0 aliphatic carbocycles. The fourth-order valence-electron chi connectivity index (χ4n) is 2.40. The van der Waals surface area contributed by atoms with Crippen LogP contribution >= 0.6 is 0 Å². The van der Waals surface area contributed by atoms with Crippen LogP contribution in [0.3, 0.4) is 0 Å². The molecule has 2 unspecified atom stereocenters. The van der Waals surface area contributed by atoms with Gasteiger partial charge in [-0.05, 0) is 12.3 Å². The van der Waals surface area contributed by atoms with Crippen LogP contribution in [0.2, 0.25) is 0 Å². The maximum atomic E-state index is 12.1. The average molecular weight is 267 g/mol. The lowest BCUT2D eigenvalue weighted by molar-refractivity contribution is -0.134. The number of aliphatic hydroxyl groups excluding tert-OH is 1. The van der Waals surface area contributed by atoms with Crippen LogP contribution < -0.4 is 11.1 Å². The van der Waals surface area contributed by atoms with E-state index in [0.29, 0.717) is 6.54 Å². The monoisotopic (exact) mass is 267 g/mol. The van der Waals surface area contributed by atoms with Gasteiger partial charge in [-0.1, -0.05) is 6.92 Å². The summed E-state index contributed by atoms with van der Waals surface area (Å²) in [5.41, 5.74) is -0.860. The van der Waals surface area contributed by atoms with Crippen LogP contribution in [-0.4, -0.2) is 44.9 Å². The third-order valence-electron chi connectivity index (χ3n) is 3.57. The normalized spacial score (nSPS) is 22.7. The number of aromatic amines is 1. The zero-order valence-electron chi connectivity index (χ0n) is 10.7. The first kappa shape index (κ1) is 13.5. The van der Waals surface area contributed by atoms with E-state index in [0.717, 1.165) is 23.2 Å². The van der Waals surface area contributed by atoms with Crippen molar-refractivity contribution in [2.75, 3.05) is 13.2 Å². The Morgan fingerprint density at radius 2 is 2.21 bits per heavy atom. The quantitative estimate of drug-likeness (QED) is 0.716.